The lowest BCUT2D eigenvalue weighted by Crippen LogP contribution is -2.27. The first kappa shape index (κ1) is 25.4. The molecule has 0 fully saturated rings. The molecule has 0 aliphatic rings. The zero-order chi connectivity index (χ0) is 26.8. The van der Waals surface area contributed by atoms with Gasteiger partial charge in [0.2, 0.25) is 0 Å². The second-order valence-electron chi connectivity index (χ2n) is 9.48. The average Bonchev–Trinajstić information content (AvgIpc) is 3.59. The molecule has 0 saturated carbocycles. The summed E-state index contributed by atoms with van der Waals surface area (Å²) in [6.45, 7) is 4.69. The molecule has 0 spiro atoms. The molecular weight excluding hydrogens is 499 g/mol. The van der Waals surface area contributed by atoms with Crippen LogP contribution in [0.3, 0.4) is 0 Å². The average molecular weight is 527 g/mol. The van der Waals surface area contributed by atoms with E-state index in [1.54, 1.807) is 30.5 Å². The summed E-state index contributed by atoms with van der Waals surface area (Å²) in [6, 6.07) is 19.3. The minimum Gasteiger partial charge on any atom is -0.455 e. The summed E-state index contributed by atoms with van der Waals surface area (Å²) in [5.74, 6) is -0.0999. The van der Waals surface area contributed by atoms with Crippen molar-refractivity contribution in [2.75, 3.05) is 13.6 Å². The van der Waals surface area contributed by atoms with Gasteiger partial charge in [0.05, 0.1) is 5.56 Å². The number of rotatable bonds is 7. The van der Waals surface area contributed by atoms with E-state index in [0.717, 1.165) is 22.3 Å². The van der Waals surface area contributed by atoms with Gasteiger partial charge in [0.1, 0.15) is 17.2 Å². The van der Waals surface area contributed by atoms with Crippen molar-refractivity contribution in [3.05, 3.63) is 94.4 Å². The van der Waals surface area contributed by atoms with Crippen molar-refractivity contribution in [2.45, 2.75) is 13.8 Å². The van der Waals surface area contributed by atoms with Crippen molar-refractivity contribution in [1.82, 2.24) is 10.6 Å². The van der Waals surface area contributed by atoms with Gasteiger partial charge >= 0.3 is 0 Å². The molecule has 0 saturated heterocycles. The van der Waals surface area contributed by atoms with Gasteiger partial charge in [-0.3, -0.25) is 9.59 Å². The van der Waals surface area contributed by atoms with Gasteiger partial charge in [0.15, 0.2) is 0 Å². The van der Waals surface area contributed by atoms with Crippen LogP contribution in [0.25, 0.3) is 44.5 Å². The van der Waals surface area contributed by atoms with Crippen molar-refractivity contribution in [1.29, 1.82) is 0 Å². The smallest absolute Gasteiger partial charge is 0.255 e. The molecule has 0 atom stereocenters. The summed E-state index contributed by atoms with van der Waals surface area (Å²) >= 11 is 1.58. The summed E-state index contributed by atoms with van der Waals surface area (Å²) in [7, 11) is 1.56. The Morgan fingerprint density at radius 1 is 0.895 bits per heavy atom. The molecule has 5 aromatic rings. The first-order valence-electron chi connectivity index (χ1n) is 12.4. The molecule has 0 aliphatic carbocycles. The third-order valence-corrected chi connectivity index (χ3v) is 7.03. The lowest BCUT2D eigenvalue weighted by Gasteiger charge is -2.13. The van der Waals surface area contributed by atoms with Crippen LogP contribution < -0.4 is 10.6 Å². The fourth-order valence-corrected chi connectivity index (χ4v) is 5.06. The quantitative estimate of drug-likeness (QED) is 0.232. The molecule has 5 nitrogen and oxygen atoms in total. The Hall–Kier alpha value is -4.23. The monoisotopic (exact) mass is 526 g/mol. The highest BCUT2D eigenvalue weighted by atomic mass is 32.1. The Morgan fingerprint density at radius 2 is 1.61 bits per heavy atom. The van der Waals surface area contributed by atoms with Crippen LogP contribution in [0.4, 0.5) is 4.39 Å². The van der Waals surface area contributed by atoms with Crippen molar-refractivity contribution in [2.24, 2.45) is 5.92 Å². The van der Waals surface area contributed by atoms with Gasteiger partial charge in [-0.25, -0.2) is 4.39 Å². The molecular formula is C31H27FN2O3S. The Kier molecular flexibility index (Phi) is 7.11. The van der Waals surface area contributed by atoms with Crippen molar-refractivity contribution < 1.29 is 18.4 Å². The van der Waals surface area contributed by atoms with Crippen LogP contribution in [-0.2, 0) is 0 Å². The number of halogens is 1. The fraction of sp³-hybridized carbons (Fsp3) is 0.161. The number of carbonyl (C=O) groups excluding carboxylic acids is 2. The molecule has 7 heteroatoms. The van der Waals surface area contributed by atoms with Crippen molar-refractivity contribution >= 4 is 34.1 Å². The second-order valence-corrected chi connectivity index (χ2v) is 10.3. The largest absolute Gasteiger partial charge is 0.455 e. The molecule has 5 rings (SSSR count). The third kappa shape index (κ3) is 4.97. The molecule has 0 unspecified atom stereocenters. The zero-order valence-corrected chi connectivity index (χ0v) is 22.1. The lowest BCUT2D eigenvalue weighted by molar-refractivity contribution is 0.0946. The zero-order valence-electron chi connectivity index (χ0n) is 21.3. The third-order valence-electron chi connectivity index (χ3n) is 6.35. The SMILES string of the molecule is CNC(=O)c1c(-c2ccc(F)cc2)oc2ccc(-c3ccc(-c4ccsc4)c(C(=O)NCC(C)C)c3)cc12. The standard InChI is InChI=1S/C31H27FN2O3S/c1-18(2)16-34-30(35)25-14-20(6-10-24(25)22-12-13-38-17-22)21-7-11-27-26(15-21)28(31(36)33-3)29(37-27)19-4-8-23(32)9-5-19/h4-15,17-18H,16H2,1-3H3,(H,33,36)(H,34,35). The summed E-state index contributed by atoms with van der Waals surface area (Å²) in [4.78, 5) is 26.2. The molecule has 2 N–H and O–H groups in total. The molecule has 38 heavy (non-hydrogen) atoms. The first-order chi connectivity index (χ1) is 18.4. The highest BCUT2D eigenvalue weighted by molar-refractivity contribution is 7.08. The van der Waals surface area contributed by atoms with Gasteiger partial charge in [-0.15, -0.1) is 0 Å². The van der Waals surface area contributed by atoms with Gasteiger partial charge in [0, 0.05) is 30.1 Å². The number of thiophene rings is 1. The summed E-state index contributed by atoms with van der Waals surface area (Å²) in [6.07, 6.45) is 0. The van der Waals surface area contributed by atoms with E-state index in [2.05, 4.69) is 24.5 Å². The van der Waals surface area contributed by atoms with E-state index in [-0.39, 0.29) is 17.6 Å². The van der Waals surface area contributed by atoms with Crippen LogP contribution in [0, 0.1) is 11.7 Å². The van der Waals surface area contributed by atoms with Gasteiger partial charge < -0.3 is 15.1 Å². The van der Waals surface area contributed by atoms with E-state index in [9.17, 15) is 14.0 Å². The maximum Gasteiger partial charge on any atom is 0.255 e. The predicted octanol–water partition coefficient (Wildman–Crippen LogP) is 7.38. The number of nitrogens with one attached hydrogen (secondary N) is 2. The fourth-order valence-electron chi connectivity index (χ4n) is 4.41. The highest BCUT2D eigenvalue weighted by Crippen LogP contribution is 2.37. The summed E-state index contributed by atoms with van der Waals surface area (Å²) in [5.41, 5.74) is 5.64. The number of carbonyl (C=O) groups is 2. The van der Waals surface area contributed by atoms with Crippen LogP contribution >= 0.6 is 11.3 Å². The summed E-state index contributed by atoms with van der Waals surface area (Å²) < 4.78 is 19.6. The normalized spacial score (nSPS) is 11.2. The van der Waals surface area contributed by atoms with Gasteiger partial charge in [-0.2, -0.15) is 11.3 Å². The predicted molar refractivity (Wildman–Crippen MR) is 151 cm³/mol. The van der Waals surface area contributed by atoms with E-state index in [1.165, 1.54) is 12.1 Å². The number of hydrogen-bond donors (Lipinski definition) is 2. The van der Waals surface area contributed by atoms with Crippen LogP contribution in [-0.4, -0.2) is 25.4 Å². The Labute approximate surface area is 224 Å². The molecule has 2 aromatic heterocycles. The van der Waals surface area contributed by atoms with Crippen LogP contribution in [0.1, 0.15) is 34.6 Å². The summed E-state index contributed by atoms with van der Waals surface area (Å²) in [5, 5.41) is 10.4. The van der Waals surface area contributed by atoms with Gasteiger partial charge in [-0.05, 0) is 87.5 Å². The minimum atomic E-state index is -0.368. The number of hydrogen-bond acceptors (Lipinski definition) is 4. The van der Waals surface area contributed by atoms with E-state index in [0.29, 0.717) is 45.9 Å². The maximum atomic E-state index is 13.5. The minimum absolute atomic E-state index is 0.129. The van der Waals surface area contributed by atoms with Gasteiger partial charge in [-0.1, -0.05) is 32.0 Å². The first-order valence-corrected chi connectivity index (χ1v) is 13.3. The molecule has 0 radical (unpaired) electrons. The van der Waals surface area contributed by atoms with Crippen LogP contribution in [0.15, 0.2) is 81.9 Å². The lowest BCUT2D eigenvalue weighted by atomic mass is 9.94. The Bertz CT molecular complexity index is 1620. The number of amides is 2. The maximum absolute atomic E-state index is 13.5. The Morgan fingerprint density at radius 3 is 2.29 bits per heavy atom. The van der Waals surface area contributed by atoms with Crippen LogP contribution in [0.5, 0.6) is 0 Å². The number of fused-ring (bicyclic) bond motifs is 1. The van der Waals surface area contributed by atoms with E-state index >= 15 is 0 Å². The Balaban J connectivity index is 1.63. The highest BCUT2D eigenvalue weighted by Gasteiger charge is 2.22. The van der Waals surface area contributed by atoms with E-state index in [4.69, 9.17) is 4.42 Å². The molecule has 2 heterocycles. The van der Waals surface area contributed by atoms with Crippen molar-refractivity contribution in [3.63, 3.8) is 0 Å². The molecule has 0 aliphatic heterocycles. The van der Waals surface area contributed by atoms with E-state index in [1.807, 2.05) is 53.2 Å². The molecule has 192 valence electrons. The number of benzene rings is 3. The molecule has 0 bridgehead atoms. The van der Waals surface area contributed by atoms with Crippen molar-refractivity contribution in [3.8, 4) is 33.6 Å². The van der Waals surface area contributed by atoms with Gasteiger partial charge in [0.25, 0.3) is 11.8 Å². The second kappa shape index (κ2) is 10.6. The molecule has 2 amide bonds. The number of furan rings is 1. The van der Waals surface area contributed by atoms with Crippen LogP contribution in [0.2, 0.25) is 0 Å². The van der Waals surface area contributed by atoms with E-state index < -0.39 is 0 Å². The topological polar surface area (TPSA) is 71.3 Å². The molecule has 3 aromatic carbocycles.